The highest BCUT2D eigenvalue weighted by atomic mass is 16.5. The number of methoxy groups -OCH3 is 2. The first-order chi connectivity index (χ1) is 16.1. The third-order valence-electron chi connectivity index (χ3n) is 5.17. The molecule has 2 heterocycles. The van der Waals surface area contributed by atoms with Crippen LogP contribution in [-0.2, 0) is 11.3 Å². The van der Waals surface area contributed by atoms with Crippen molar-refractivity contribution in [2.75, 3.05) is 32.8 Å². The lowest BCUT2D eigenvalue weighted by molar-refractivity contribution is 0.101. The molecular formula is C24H26N4O5. The van der Waals surface area contributed by atoms with Gasteiger partial charge in [0.25, 0.3) is 5.91 Å². The van der Waals surface area contributed by atoms with Gasteiger partial charge in [-0.15, -0.1) is 0 Å². The molecule has 9 heteroatoms. The maximum absolute atomic E-state index is 13.0. The number of carbonyl (C=O) groups is 1. The number of aromatic nitrogens is 3. The number of aryl methyl sites for hydroxylation is 1. The van der Waals surface area contributed by atoms with Gasteiger partial charge >= 0.3 is 0 Å². The van der Waals surface area contributed by atoms with Gasteiger partial charge in [-0.3, -0.25) is 10.1 Å². The van der Waals surface area contributed by atoms with Crippen LogP contribution in [0.1, 0.15) is 23.8 Å². The van der Waals surface area contributed by atoms with E-state index in [2.05, 4.69) is 15.5 Å². The summed E-state index contributed by atoms with van der Waals surface area (Å²) in [5.74, 6) is 1.62. The molecule has 1 N–H and O–H groups in total. The van der Waals surface area contributed by atoms with Crippen molar-refractivity contribution in [2.24, 2.45) is 0 Å². The maximum atomic E-state index is 13.0. The van der Waals surface area contributed by atoms with E-state index in [0.717, 1.165) is 17.5 Å². The summed E-state index contributed by atoms with van der Waals surface area (Å²) in [6.07, 6.45) is 0.792. The summed E-state index contributed by atoms with van der Waals surface area (Å²) in [5.41, 5.74) is 2.49. The number of amides is 1. The molecule has 2 aromatic heterocycles. The third kappa shape index (κ3) is 4.83. The van der Waals surface area contributed by atoms with Crippen molar-refractivity contribution in [3.8, 4) is 22.8 Å². The number of hydrogen-bond acceptors (Lipinski definition) is 7. The van der Waals surface area contributed by atoms with E-state index >= 15 is 0 Å². The van der Waals surface area contributed by atoms with Gasteiger partial charge in [0, 0.05) is 25.8 Å². The van der Waals surface area contributed by atoms with Gasteiger partial charge in [-0.2, -0.15) is 0 Å². The average molecular weight is 450 g/mol. The summed E-state index contributed by atoms with van der Waals surface area (Å²) in [7, 11) is 3.14. The van der Waals surface area contributed by atoms with Crippen LogP contribution in [0.25, 0.3) is 22.4 Å². The van der Waals surface area contributed by atoms with Crippen molar-refractivity contribution in [2.45, 2.75) is 19.9 Å². The van der Waals surface area contributed by atoms with Crippen LogP contribution in [0.3, 0.4) is 0 Å². The molecule has 4 rings (SSSR count). The van der Waals surface area contributed by atoms with Gasteiger partial charge in [-0.1, -0.05) is 17.3 Å². The van der Waals surface area contributed by atoms with Crippen LogP contribution in [-0.4, -0.2) is 48.0 Å². The first-order valence-electron chi connectivity index (χ1n) is 10.7. The summed E-state index contributed by atoms with van der Waals surface area (Å²) in [6.45, 7) is 3.92. The molecule has 0 fully saturated rings. The normalized spacial score (nSPS) is 11.0. The Balaban J connectivity index is 1.58. The number of nitrogens with one attached hydrogen (secondary N) is 1. The molecule has 172 valence electrons. The zero-order chi connectivity index (χ0) is 23.2. The maximum Gasteiger partial charge on any atom is 0.280 e. The molecule has 1 amide bonds. The fraction of sp³-hybridized carbons (Fsp3) is 0.292. The summed E-state index contributed by atoms with van der Waals surface area (Å²) in [6, 6.07) is 14.6. The van der Waals surface area contributed by atoms with Crippen LogP contribution >= 0.6 is 0 Å². The van der Waals surface area contributed by atoms with E-state index in [-0.39, 0.29) is 5.69 Å². The highest BCUT2D eigenvalue weighted by Crippen LogP contribution is 2.34. The Morgan fingerprint density at radius 1 is 1.12 bits per heavy atom. The topological polar surface area (TPSA) is 101 Å². The van der Waals surface area contributed by atoms with Crippen LogP contribution in [0.2, 0.25) is 0 Å². The number of imidazole rings is 1. The van der Waals surface area contributed by atoms with E-state index < -0.39 is 5.91 Å². The molecule has 0 atom stereocenters. The second-order valence-electron chi connectivity index (χ2n) is 7.22. The van der Waals surface area contributed by atoms with Gasteiger partial charge in [-0.05, 0) is 43.7 Å². The standard InChI is InChI=1S/C24H26N4O5/c1-4-32-13-7-12-28-20-9-6-5-8-18(20)25-24(28)26-23(29)19-15-22(33-27-19)17-14-16(30-2)10-11-21(17)31-3/h5-6,8-11,14-15H,4,7,12-13H2,1-3H3,(H,25,26,29). The molecule has 0 spiro atoms. The highest BCUT2D eigenvalue weighted by Gasteiger charge is 2.20. The molecule has 9 nitrogen and oxygen atoms in total. The lowest BCUT2D eigenvalue weighted by atomic mass is 10.1. The molecule has 0 saturated heterocycles. The SMILES string of the molecule is CCOCCCn1c(NC(=O)c2cc(-c3cc(OC)ccc3OC)on2)nc2ccccc21. The van der Waals surface area contributed by atoms with Gasteiger partial charge in [0.1, 0.15) is 11.5 Å². The van der Waals surface area contributed by atoms with E-state index in [1.165, 1.54) is 0 Å². The number of para-hydroxylation sites is 2. The van der Waals surface area contributed by atoms with Gasteiger partial charge in [-0.25, -0.2) is 4.98 Å². The van der Waals surface area contributed by atoms with Crippen molar-refractivity contribution in [3.63, 3.8) is 0 Å². The number of carbonyl (C=O) groups excluding carboxylic acids is 1. The first-order valence-corrected chi connectivity index (χ1v) is 10.7. The lowest BCUT2D eigenvalue weighted by Crippen LogP contribution is -2.17. The number of fused-ring (bicyclic) bond motifs is 1. The lowest BCUT2D eigenvalue weighted by Gasteiger charge is -2.09. The van der Waals surface area contributed by atoms with Gasteiger partial charge in [0.15, 0.2) is 11.5 Å². The molecule has 33 heavy (non-hydrogen) atoms. The minimum atomic E-state index is -0.423. The summed E-state index contributed by atoms with van der Waals surface area (Å²) in [4.78, 5) is 17.6. The second kappa shape index (κ2) is 10.2. The third-order valence-corrected chi connectivity index (χ3v) is 5.17. The molecule has 0 unspecified atom stereocenters. The molecule has 0 aliphatic rings. The Morgan fingerprint density at radius 2 is 1.97 bits per heavy atom. The predicted molar refractivity (Wildman–Crippen MR) is 124 cm³/mol. The van der Waals surface area contributed by atoms with E-state index in [1.807, 2.05) is 35.8 Å². The average Bonchev–Trinajstić information content (AvgIpc) is 3.47. The number of ether oxygens (including phenoxy) is 3. The Kier molecular flexibility index (Phi) is 6.89. The zero-order valence-corrected chi connectivity index (χ0v) is 18.8. The van der Waals surface area contributed by atoms with E-state index in [1.54, 1.807) is 38.5 Å². The van der Waals surface area contributed by atoms with Crippen molar-refractivity contribution in [1.29, 1.82) is 0 Å². The smallest absolute Gasteiger partial charge is 0.280 e. The molecule has 0 aliphatic carbocycles. The van der Waals surface area contributed by atoms with E-state index in [9.17, 15) is 4.79 Å². The van der Waals surface area contributed by atoms with Crippen molar-refractivity contribution in [3.05, 3.63) is 54.2 Å². The van der Waals surface area contributed by atoms with Gasteiger partial charge < -0.3 is 23.3 Å². The molecule has 0 saturated carbocycles. The van der Waals surface area contributed by atoms with Crippen LogP contribution in [0.4, 0.5) is 5.95 Å². The fourth-order valence-corrected chi connectivity index (χ4v) is 3.55. The summed E-state index contributed by atoms with van der Waals surface area (Å²) < 4.78 is 23.5. The van der Waals surface area contributed by atoms with Gasteiger partial charge in [0.05, 0.1) is 30.8 Å². The van der Waals surface area contributed by atoms with Crippen molar-refractivity contribution < 1.29 is 23.5 Å². The molecule has 2 aromatic carbocycles. The van der Waals surface area contributed by atoms with Gasteiger partial charge in [0.2, 0.25) is 5.95 Å². The van der Waals surface area contributed by atoms with Crippen LogP contribution < -0.4 is 14.8 Å². The number of rotatable bonds is 10. The summed E-state index contributed by atoms with van der Waals surface area (Å²) >= 11 is 0. The Labute approximate surface area is 191 Å². The number of benzene rings is 2. The van der Waals surface area contributed by atoms with Crippen molar-refractivity contribution in [1.82, 2.24) is 14.7 Å². The molecule has 0 radical (unpaired) electrons. The Bertz CT molecular complexity index is 1250. The first kappa shape index (κ1) is 22.3. The molecule has 4 aromatic rings. The minimum absolute atomic E-state index is 0.128. The van der Waals surface area contributed by atoms with Crippen LogP contribution in [0.15, 0.2) is 53.1 Å². The van der Waals surface area contributed by atoms with E-state index in [0.29, 0.717) is 48.5 Å². The predicted octanol–water partition coefficient (Wildman–Crippen LogP) is 4.39. The minimum Gasteiger partial charge on any atom is -0.497 e. The van der Waals surface area contributed by atoms with E-state index in [4.69, 9.17) is 18.7 Å². The fourth-order valence-electron chi connectivity index (χ4n) is 3.55. The molecule has 0 aliphatic heterocycles. The Morgan fingerprint density at radius 3 is 2.76 bits per heavy atom. The van der Waals surface area contributed by atoms with Crippen LogP contribution in [0.5, 0.6) is 11.5 Å². The number of nitrogens with zero attached hydrogens (tertiary/aromatic N) is 3. The molecule has 0 bridgehead atoms. The Hall–Kier alpha value is -3.85. The summed E-state index contributed by atoms with van der Waals surface area (Å²) in [5, 5.41) is 6.82. The quantitative estimate of drug-likeness (QED) is 0.358. The monoisotopic (exact) mass is 450 g/mol. The number of anilines is 1. The molecular weight excluding hydrogens is 424 g/mol. The second-order valence-corrected chi connectivity index (χ2v) is 7.22. The van der Waals surface area contributed by atoms with Crippen molar-refractivity contribution >= 4 is 22.9 Å². The largest absolute Gasteiger partial charge is 0.497 e. The number of hydrogen-bond donors (Lipinski definition) is 1. The highest BCUT2D eigenvalue weighted by molar-refractivity contribution is 6.03. The van der Waals surface area contributed by atoms with Crippen LogP contribution in [0, 0.1) is 0 Å². The zero-order valence-electron chi connectivity index (χ0n) is 18.8.